The number of allylic oxidation sites excluding steroid dienone is 1. The van der Waals surface area contributed by atoms with Crippen molar-refractivity contribution >= 4 is 29.1 Å². The van der Waals surface area contributed by atoms with E-state index in [9.17, 15) is 27.6 Å². The van der Waals surface area contributed by atoms with E-state index in [1.807, 2.05) is 0 Å². The van der Waals surface area contributed by atoms with E-state index in [1.165, 1.54) is 49.4 Å². The summed E-state index contributed by atoms with van der Waals surface area (Å²) in [6, 6.07) is 12.3. The largest absolute Gasteiger partial charge is 0.417 e. The zero-order chi connectivity index (χ0) is 21.2. The Labute approximate surface area is 163 Å². The Balaban J connectivity index is 1.86. The molecule has 1 unspecified atom stereocenters. The number of amides is 4. The minimum Gasteiger partial charge on any atom is -0.322 e. The van der Waals surface area contributed by atoms with E-state index in [0.29, 0.717) is 11.6 Å². The van der Waals surface area contributed by atoms with Gasteiger partial charge in [0.15, 0.2) is 0 Å². The molecule has 0 saturated carbocycles. The highest BCUT2D eigenvalue weighted by atomic mass is 19.4. The Kier molecular flexibility index (Phi) is 5.15. The van der Waals surface area contributed by atoms with Crippen molar-refractivity contribution in [3.05, 3.63) is 71.8 Å². The molecule has 6 nitrogen and oxygen atoms in total. The lowest BCUT2D eigenvalue weighted by molar-refractivity contribution is -0.123. The molecular weight excluding hydrogens is 387 g/mol. The zero-order valence-corrected chi connectivity index (χ0v) is 15.1. The molecule has 29 heavy (non-hydrogen) atoms. The van der Waals surface area contributed by atoms with Crippen LogP contribution in [0.2, 0.25) is 0 Å². The molecule has 0 aliphatic carbocycles. The standard InChI is InChI=1S/C20H16F3N3O3/c1-19(17(28)25-18(29)26-19)13-8-5-9-14(10-13)24-16(27)11-15(20(21,22)23)12-6-3-2-4-7-12/h2-11H,1H3,(H,24,27)(H2,25,26,28,29)/b15-11-. The van der Waals surface area contributed by atoms with E-state index in [4.69, 9.17) is 0 Å². The van der Waals surface area contributed by atoms with Crippen molar-refractivity contribution in [2.75, 3.05) is 5.32 Å². The van der Waals surface area contributed by atoms with Crippen LogP contribution in [0, 0.1) is 0 Å². The minimum atomic E-state index is -4.72. The minimum absolute atomic E-state index is 0.137. The fourth-order valence-electron chi connectivity index (χ4n) is 2.91. The summed E-state index contributed by atoms with van der Waals surface area (Å²) in [5.41, 5.74) is -2.03. The lowest BCUT2D eigenvalue weighted by Gasteiger charge is -2.21. The second-order valence-corrected chi connectivity index (χ2v) is 6.53. The first-order valence-electron chi connectivity index (χ1n) is 8.49. The van der Waals surface area contributed by atoms with Crippen LogP contribution in [-0.4, -0.2) is 24.0 Å². The van der Waals surface area contributed by atoms with Crippen LogP contribution >= 0.6 is 0 Å². The Morgan fingerprint density at radius 3 is 2.34 bits per heavy atom. The highest BCUT2D eigenvalue weighted by Crippen LogP contribution is 2.34. The van der Waals surface area contributed by atoms with Gasteiger partial charge in [-0.3, -0.25) is 14.9 Å². The maximum atomic E-state index is 13.4. The van der Waals surface area contributed by atoms with Crippen molar-refractivity contribution in [2.45, 2.75) is 18.6 Å². The molecule has 3 N–H and O–H groups in total. The Bertz CT molecular complexity index is 1000. The monoisotopic (exact) mass is 403 g/mol. The second kappa shape index (κ2) is 7.42. The second-order valence-electron chi connectivity index (χ2n) is 6.53. The molecule has 1 saturated heterocycles. The number of carbonyl (C=O) groups excluding carboxylic acids is 3. The van der Waals surface area contributed by atoms with E-state index in [2.05, 4.69) is 16.0 Å². The van der Waals surface area contributed by atoms with E-state index < -0.39 is 35.1 Å². The Morgan fingerprint density at radius 2 is 1.76 bits per heavy atom. The predicted octanol–water partition coefficient (Wildman–Crippen LogP) is 3.33. The summed E-state index contributed by atoms with van der Waals surface area (Å²) in [6.45, 7) is 1.48. The molecule has 150 valence electrons. The van der Waals surface area contributed by atoms with Gasteiger partial charge in [-0.25, -0.2) is 4.79 Å². The number of rotatable bonds is 4. The van der Waals surface area contributed by atoms with Crippen LogP contribution in [0.15, 0.2) is 60.7 Å². The highest BCUT2D eigenvalue weighted by Gasteiger charge is 2.43. The van der Waals surface area contributed by atoms with Gasteiger partial charge in [-0.2, -0.15) is 13.2 Å². The van der Waals surface area contributed by atoms with Crippen LogP contribution in [0.25, 0.3) is 5.57 Å². The maximum Gasteiger partial charge on any atom is 0.417 e. The lowest BCUT2D eigenvalue weighted by atomic mass is 9.92. The number of benzene rings is 2. The summed E-state index contributed by atoms with van der Waals surface area (Å²) in [6.07, 6.45) is -4.24. The molecule has 1 heterocycles. The number of alkyl halides is 3. The summed E-state index contributed by atoms with van der Waals surface area (Å²) < 4.78 is 40.1. The van der Waals surface area contributed by atoms with Gasteiger partial charge in [0.25, 0.3) is 5.91 Å². The van der Waals surface area contributed by atoms with Gasteiger partial charge in [-0.05, 0) is 30.2 Å². The van der Waals surface area contributed by atoms with Gasteiger partial charge in [0.05, 0.1) is 5.57 Å². The SMILES string of the molecule is CC1(c2cccc(NC(=O)/C=C(/c3ccccc3)C(F)(F)F)c2)NC(=O)NC1=O. The summed E-state index contributed by atoms with van der Waals surface area (Å²) >= 11 is 0. The molecule has 0 radical (unpaired) electrons. The van der Waals surface area contributed by atoms with Crippen molar-refractivity contribution in [3.63, 3.8) is 0 Å². The van der Waals surface area contributed by atoms with Crippen LogP contribution in [-0.2, 0) is 15.1 Å². The summed E-state index contributed by atoms with van der Waals surface area (Å²) in [5, 5.41) is 6.96. The van der Waals surface area contributed by atoms with Gasteiger partial charge in [0.2, 0.25) is 5.91 Å². The number of carbonyl (C=O) groups is 3. The molecule has 9 heteroatoms. The maximum absolute atomic E-state index is 13.4. The first kappa shape index (κ1) is 20.1. The van der Waals surface area contributed by atoms with Crippen LogP contribution in [0.4, 0.5) is 23.7 Å². The molecule has 1 atom stereocenters. The highest BCUT2D eigenvalue weighted by molar-refractivity contribution is 6.08. The first-order valence-corrected chi connectivity index (χ1v) is 8.49. The smallest absolute Gasteiger partial charge is 0.322 e. The normalized spacial score (nSPS) is 19.5. The Hall–Kier alpha value is -3.62. The molecule has 3 rings (SSSR count). The third kappa shape index (κ3) is 4.29. The molecule has 1 fully saturated rings. The van der Waals surface area contributed by atoms with Gasteiger partial charge >= 0.3 is 12.2 Å². The van der Waals surface area contributed by atoms with E-state index >= 15 is 0 Å². The molecule has 0 spiro atoms. The summed E-state index contributed by atoms with van der Waals surface area (Å²) in [5.74, 6) is -1.56. The molecule has 1 aliphatic rings. The van der Waals surface area contributed by atoms with Crippen LogP contribution in [0.5, 0.6) is 0 Å². The molecule has 1 aliphatic heterocycles. The topological polar surface area (TPSA) is 87.3 Å². The van der Waals surface area contributed by atoms with E-state index in [-0.39, 0.29) is 11.3 Å². The third-order valence-corrected chi connectivity index (χ3v) is 4.42. The molecule has 4 amide bonds. The van der Waals surface area contributed by atoms with Crippen molar-refractivity contribution in [2.24, 2.45) is 0 Å². The van der Waals surface area contributed by atoms with Crippen molar-refractivity contribution in [3.8, 4) is 0 Å². The van der Waals surface area contributed by atoms with Gasteiger partial charge < -0.3 is 10.6 Å². The van der Waals surface area contributed by atoms with Crippen molar-refractivity contribution < 1.29 is 27.6 Å². The van der Waals surface area contributed by atoms with Crippen LogP contribution in [0.1, 0.15) is 18.1 Å². The number of urea groups is 1. The number of hydrogen-bond acceptors (Lipinski definition) is 3. The number of halogens is 3. The van der Waals surface area contributed by atoms with Crippen molar-refractivity contribution in [1.29, 1.82) is 0 Å². The van der Waals surface area contributed by atoms with Crippen LogP contribution in [0.3, 0.4) is 0 Å². The third-order valence-electron chi connectivity index (χ3n) is 4.42. The van der Waals surface area contributed by atoms with Crippen molar-refractivity contribution in [1.82, 2.24) is 10.6 Å². The number of anilines is 1. The molecule has 0 bridgehead atoms. The molecular formula is C20H16F3N3O3. The van der Waals surface area contributed by atoms with E-state index in [1.54, 1.807) is 12.1 Å². The fourth-order valence-corrected chi connectivity index (χ4v) is 2.91. The van der Waals surface area contributed by atoms with Gasteiger partial charge in [0.1, 0.15) is 5.54 Å². The van der Waals surface area contributed by atoms with E-state index in [0.717, 1.165) is 0 Å². The van der Waals surface area contributed by atoms with Gasteiger partial charge in [0, 0.05) is 11.8 Å². The fraction of sp³-hybridized carbons (Fsp3) is 0.150. The predicted molar refractivity (Wildman–Crippen MR) is 99.6 cm³/mol. The van der Waals surface area contributed by atoms with Gasteiger partial charge in [-0.15, -0.1) is 0 Å². The number of hydrogen-bond donors (Lipinski definition) is 3. The summed E-state index contributed by atoms with van der Waals surface area (Å²) in [7, 11) is 0. The quantitative estimate of drug-likeness (QED) is 0.541. The number of imide groups is 1. The average Bonchev–Trinajstić information content (AvgIpc) is 2.92. The zero-order valence-electron chi connectivity index (χ0n) is 15.1. The van der Waals surface area contributed by atoms with Gasteiger partial charge in [-0.1, -0.05) is 42.5 Å². The number of nitrogens with one attached hydrogen (secondary N) is 3. The molecule has 2 aromatic carbocycles. The molecule has 2 aromatic rings. The average molecular weight is 403 g/mol. The lowest BCUT2D eigenvalue weighted by Crippen LogP contribution is -2.40. The first-order chi connectivity index (χ1) is 13.6. The molecule has 0 aromatic heterocycles. The Morgan fingerprint density at radius 1 is 1.07 bits per heavy atom. The summed E-state index contributed by atoms with van der Waals surface area (Å²) in [4.78, 5) is 35.7. The van der Waals surface area contributed by atoms with Crippen LogP contribution < -0.4 is 16.0 Å².